The number of carbonyl (C=O) groups excluding carboxylic acids is 2. The topological polar surface area (TPSA) is 137 Å². The monoisotopic (exact) mass is 635 g/mol. The van der Waals surface area contributed by atoms with Crippen LogP contribution in [-0.4, -0.2) is 61.9 Å². The molecule has 240 valence electrons. The van der Waals surface area contributed by atoms with E-state index in [1.54, 1.807) is 6.07 Å². The van der Waals surface area contributed by atoms with Crippen LogP contribution in [0.5, 0.6) is 5.88 Å². The highest BCUT2D eigenvalue weighted by Crippen LogP contribution is 2.43. The summed E-state index contributed by atoms with van der Waals surface area (Å²) in [6, 6.07) is 0.0791. The van der Waals surface area contributed by atoms with Gasteiger partial charge in [0.2, 0.25) is 17.5 Å². The van der Waals surface area contributed by atoms with Crippen molar-refractivity contribution in [2.24, 2.45) is 11.8 Å². The number of hydrogen-bond acceptors (Lipinski definition) is 8. The van der Waals surface area contributed by atoms with Crippen LogP contribution >= 0.6 is 0 Å². The first-order valence-electron chi connectivity index (χ1n) is 13.9. The Morgan fingerprint density at radius 1 is 1.07 bits per heavy atom. The fourth-order valence-electron chi connectivity index (χ4n) is 5.23. The van der Waals surface area contributed by atoms with Gasteiger partial charge in [0.25, 0.3) is 18.2 Å². The lowest BCUT2D eigenvalue weighted by molar-refractivity contribution is -0.144. The molecule has 0 unspecified atom stereocenters. The van der Waals surface area contributed by atoms with Gasteiger partial charge in [-0.05, 0) is 59.5 Å². The molecule has 0 aromatic carbocycles. The number of alkyl halides is 7. The van der Waals surface area contributed by atoms with E-state index in [1.807, 2.05) is 0 Å². The van der Waals surface area contributed by atoms with E-state index in [0.717, 1.165) is 12.8 Å². The van der Waals surface area contributed by atoms with Gasteiger partial charge in [0.1, 0.15) is 0 Å². The van der Waals surface area contributed by atoms with Gasteiger partial charge < -0.3 is 15.4 Å². The van der Waals surface area contributed by atoms with Crippen LogP contribution < -0.4 is 15.4 Å². The van der Waals surface area contributed by atoms with Crippen molar-refractivity contribution in [3.63, 3.8) is 0 Å². The molecule has 0 saturated heterocycles. The van der Waals surface area contributed by atoms with Gasteiger partial charge in [-0.1, -0.05) is 0 Å². The Kier molecular flexibility index (Phi) is 8.97. The van der Waals surface area contributed by atoms with E-state index in [9.17, 15) is 40.3 Å². The van der Waals surface area contributed by atoms with Crippen molar-refractivity contribution in [2.45, 2.75) is 82.0 Å². The van der Waals surface area contributed by atoms with Crippen LogP contribution in [0.2, 0.25) is 0 Å². The summed E-state index contributed by atoms with van der Waals surface area (Å²) in [5.74, 6) is -5.59. The maximum Gasteiger partial charge on any atom is 0.389 e. The molecule has 3 aromatic rings. The number of aromatic nitrogens is 5. The predicted octanol–water partition coefficient (Wildman–Crippen LogP) is 4.96. The summed E-state index contributed by atoms with van der Waals surface area (Å²) < 4.78 is 102. The maximum absolute atomic E-state index is 14.0. The molecule has 2 aliphatic rings. The number of nitrogens with one attached hydrogen (secondary N) is 2. The van der Waals surface area contributed by atoms with Crippen molar-refractivity contribution in [1.82, 2.24) is 35.5 Å². The number of rotatable bonds is 12. The number of imidazole rings is 1. The molecule has 2 aliphatic carbocycles. The summed E-state index contributed by atoms with van der Waals surface area (Å²) in [6.45, 7) is -1.07. The molecule has 2 fully saturated rings. The van der Waals surface area contributed by atoms with Crippen LogP contribution in [0.3, 0.4) is 0 Å². The van der Waals surface area contributed by atoms with Crippen molar-refractivity contribution in [2.75, 3.05) is 6.61 Å². The van der Waals surface area contributed by atoms with Crippen molar-refractivity contribution in [3.05, 3.63) is 35.4 Å². The van der Waals surface area contributed by atoms with Gasteiger partial charge in [-0.3, -0.25) is 9.59 Å². The highest BCUT2D eigenvalue weighted by Gasteiger charge is 2.40. The molecule has 2 atom stereocenters. The Labute approximate surface area is 244 Å². The number of nitrogens with zero attached hydrogens (tertiary/aromatic N) is 5. The summed E-state index contributed by atoms with van der Waals surface area (Å²) in [6.07, 6.45) is -5.62. The summed E-state index contributed by atoms with van der Waals surface area (Å²) in [5.41, 5.74) is 0.526. The van der Waals surface area contributed by atoms with Gasteiger partial charge in [-0.2, -0.15) is 18.3 Å². The number of amides is 2. The van der Waals surface area contributed by atoms with Crippen LogP contribution in [0, 0.1) is 11.8 Å². The minimum absolute atomic E-state index is 0.0111. The summed E-state index contributed by atoms with van der Waals surface area (Å²) in [5, 5.41) is 16.4. The summed E-state index contributed by atoms with van der Waals surface area (Å²) in [7, 11) is 0. The highest BCUT2D eigenvalue weighted by molar-refractivity contribution is 5.94. The van der Waals surface area contributed by atoms with Gasteiger partial charge >= 0.3 is 6.18 Å². The van der Waals surface area contributed by atoms with Crippen molar-refractivity contribution in [1.29, 1.82) is 0 Å². The molecule has 5 rings (SSSR count). The Morgan fingerprint density at radius 3 is 2.43 bits per heavy atom. The van der Waals surface area contributed by atoms with Crippen molar-refractivity contribution in [3.8, 4) is 5.88 Å². The van der Waals surface area contributed by atoms with E-state index in [2.05, 4.69) is 35.7 Å². The number of halogens is 7. The molecule has 44 heavy (non-hydrogen) atoms. The van der Waals surface area contributed by atoms with Gasteiger partial charge in [0.05, 0.1) is 36.6 Å². The third-order valence-electron chi connectivity index (χ3n) is 7.62. The summed E-state index contributed by atoms with van der Waals surface area (Å²) in [4.78, 5) is 30.0. The number of carbonyl (C=O) groups is 2. The van der Waals surface area contributed by atoms with E-state index in [0.29, 0.717) is 5.56 Å². The smallest absolute Gasteiger partial charge is 0.389 e. The van der Waals surface area contributed by atoms with E-state index in [1.165, 1.54) is 16.9 Å². The van der Waals surface area contributed by atoms with Crippen LogP contribution in [0.1, 0.15) is 85.2 Å². The van der Waals surface area contributed by atoms with Gasteiger partial charge in [0.15, 0.2) is 12.3 Å². The largest absolute Gasteiger partial charge is 0.468 e. The average Bonchev–Trinajstić information content (AvgIpc) is 3.52. The van der Waals surface area contributed by atoms with Crippen molar-refractivity contribution >= 4 is 17.5 Å². The van der Waals surface area contributed by atoms with Crippen LogP contribution in [0.25, 0.3) is 5.65 Å². The van der Waals surface area contributed by atoms with Gasteiger partial charge in [-0.15, -0.1) is 0 Å². The zero-order chi connectivity index (χ0) is 31.6. The summed E-state index contributed by atoms with van der Waals surface area (Å²) >= 11 is 0. The second-order valence-corrected chi connectivity index (χ2v) is 11.0. The Hall–Kier alpha value is -3.99. The molecule has 3 heterocycles. The molecule has 11 nitrogen and oxygen atoms in total. The maximum atomic E-state index is 14.0. The third-order valence-corrected chi connectivity index (χ3v) is 7.62. The minimum Gasteiger partial charge on any atom is -0.468 e. The van der Waals surface area contributed by atoms with Gasteiger partial charge in [0, 0.05) is 19.3 Å². The minimum atomic E-state index is -4.47. The van der Waals surface area contributed by atoms with Crippen LogP contribution in [-0.2, 0) is 4.79 Å². The van der Waals surface area contributed by atoms with Crippen LogP contribution in [0.15, 0.2) is 23.1 Å². The first-order valence-corrected chi connectivity index (χ1v) is 13.9. The molecule has 3 aromatic heterocycles. The third kappa shape index (κ3) is 7.93. The fourth-order valence-corrected chi connectivity index (χ4v) is 5.23. The Balaban J connectivity index is 1.39. The van der Waals surface area contributed by atoms with Gasteiger partial charge in [-0.25, -0.2) is 31.7 Å². The second-order valence-electron chi connectivity index (χ2n) is 11.0. The van der Waals surface area contributed by atoms with Crippen molar-refractivity contribution < 1.29 is 49.7 Å². The number of ether oxygens (including phenoxy) is 1. The van der Waals surface area contributed by atoms with Crippen LogP contribution in [0.4, 0.5) is 30.7 Å². The molecule has 0 aliphatic heterocycles. The Bertz CT molecular complexity index is 1460. The normalized spacial score (nSPS) is 18.7. The Morgan fingerprint density at radius 2 is 1.77 bits per heavy atom. The molecule has 0 bridgehead atoms. The lowest BCUT2D eigenvalue weighted by Gasteiger charge is -2.33. The number of hydrogen-bond donors (Lipinski definition) is 2. The molecule has 0 radical (unpaired) electrons. The molecule has 2 saturated carbocycles. The zero-order valence-corrected chi connectivity index (χ0v) is 23.0. The van der Waals surface area contributed by atoms with E-state index in [-0.39, 0.29) is 30.1 Å². The lowest BCUT2D eigenvalue weighted by atomic mass is 9.81. The molecule has 0 spiro atoms. The second kappa shape index (κ2) is 12.6. The highest BCUT2D eigenvalue weighted by atomic mass is 19.4. The predicted molar refractivity (Wildman–Crippen MR) is 135 cm³/mol. The lowest BCUT2D eigenvalue weighted by Crippen LogP contribution is -2.37. The molecular weight excluding hydrogens is 607 g/mol. The molecule has 18 heteroatoms. The first kappa shape index (κ1) is 31.4. The number of fused-ring (bicyclic) bond motifs is 1. The standard InChI is InChI=1S/C26H28F7N7O4/c27-17(28)12-43-24-22(38-44-39-24)23(42)37-21(14-3-6-25(29,30)7-4-14)16-11-40-18(35-16)9-15(10-34-40)20(13-1-2-13)36-19(41)5-8-26(31,32)33/h9-11,13-14,17,20-21H,1-8,12H2,(H,36,41)(H,37,42)/t20-,21+/m1/s1. The first-order chi connectivity index (χ1) is 20.8. The van der Waals surface area contributed by atoms with E-state index in [4.69, 9.17) is 4.74 Å². The molecule has 2 N–H and O–H groups in total. The quantitative estimate of drug-likeness (QED) is 0.267. The van der Waals surface area contributed by atoms with E-state index < -0.39 is 92.2 Å². The van der Waals surface area contributed by atoms with E-state index >= 15 is 0 Å². The fraction of sp³-hybridized carbons (Fsp3) is 0.615. The SMILES string of the molecule is O=C(CCC(F)(F)F)N[C@@H](c1cnn2cc([C@@H](NC(=O)c3nonc3OCC(F)F)C3CCC(F)(F)CC3)nc2c1)C1CC1. The molecular formula is C26H28F7N7O4. The zero-order valence-electron chi connectivity index (χ0n) is 23.0. The molecule has 2 amide bonds. The average molecular weight is 636 g/mol.